The molecule has 0 spiro atoms. The second kappa shape index (κ2) is 4.44. The third-order valence-electron chi connectivity index (χ3n) is 7.91. The van der Waals surface area contributed by atoms with E-state index in [2.05, 4.69) is 13.8 Å². The minimum atomic E-state index is -0.0823. The van der Waals surface area contributed by atoms with Gasteiger partial charge in [0.05, 0.1) is 6.10 Å². The van der Waals surface area contributed by atoms with Crippen molar-refractivity contribution in [1.82, 2.24) is 0 Å². The summed E-state index contributed by atoms with van der Waals surface area (Å²) in [7, 11) is 0. The first-order chi connectivity index (χ1) is 9.95. The van der Waals surface area contributed by atoms with E-state index in [1.54, 1.807) is 0 Å². The first kappa shape index (κ1) is 14.0. The van der Waals surface area contributed by atoms with E-state index in [1.165, 1.54) is 31.3 Å². The number of allylic oxidation sites excluding steroid dienone is 1. The van der Waals surface area contributed by atoms with Crippen molar-refractivity contribution in [2.24, 2.45) is 28.6 Å². The fourth-order valence-corrected chi connectivity index (χ4v) is 6.53. The van der Waals surface area contributed by atoms with Crippen LogP contribution in [-0.2, 0) is 4.79 Å². The number of hydrogen-bond donors (Lipinski definition) is 1. The summed E-state index contributed by atoms with van der Waals surface area (Å²) in [6.07, 6.45) is 10.7. The summed E-state index contributed by atoms with van der Waals surface area (Å²) in [6, 6.07) is 0. The highest BCUT2D eigenvalue weighted by Crippen LogP contribution is 2.65. The number of carbonyl (C=O) groups excluding carboxylic acids is 1. The number of rotatable bonds is 0. The third kappa shape index (κ3) is 1.78. The van der Waals surface area contributed by atoms with E-state index in [9.17, 15) is 9.90 Å². The maximum atomic E-state index is 11.8. The lowest BCUT2D eigenvalue weighted by atomic mass is 9.47. The molecule has 4 aliphatic rings. The van der Waals surface area contributed by atoms with E-state index in [-0.39, 0.29) is 16.9 Å². The molecule has 3 saturated carbocycles. The molecule has 0 saturated heterocycles. The van der Waals surface area contributed by atoms with Gasteiger partial charge in [0.1, 0.15) is 0 Å². The van der Waals surface area contributed by atoms with Crippen LogP contribution >= 0.6 is 0 Å². The second-order valence-electron chi connectivity index (χ2n) is 8.61. The normalized spacial score (nSPS) is 52.7. The molecular weight excluding hydrogens is 260 g/mol. The number of aliphatic hydroxyl groups excluding tert-OH is 1. The Morgan fingerprint density at radius 3 is 2.67 bits per heavy atom. The minimum Gasteiger partial charge on any atom is -0.393 e. The van der Waals surface area contributed by atoms with Gasteiger partial charge in [-0.2, -0.15) is 0 Å². The Labute approximate surface area is 128 Å². The van der Waals surface area contributed by atoms with Crippen LogP contribution in [0.25, 0.3) is 0 Å². The number of carbonyl (C=O) groups is 1. The highest BCUT2D eigenvalue weighted by molar-refractivity contribution is 5.91. The average Bonchev–Trinajstić information content (AvgIpc) is 2.76. The Hall–Kier alpha value is -0.630. The summed E-state index contributed by atoms with van der Waals surface area (Å²) in [5, 5.41) is 10.4. The molecule has 4 aliphatic carbocycles. The molecule has 0 bridgehead atoms. The van der Waals surface area contributed by atoms with Crippen LogP contribution in [0.5, 0.6) is 0 Å². The molecule has 0 heterocycles. The molecule has 0 aromatic carbocycles. The number of fused-ring (bicyclic) bond motifs is 5. The number of ketones is 1. The van der Waals surface area contributed by atoms with Crippen molar-refractivity contribution in [3.8, 4) is 0 Å². The van der Waals surface area contributed by atoms with E-state index in [1.807, 2.05) is 6.08 Å². The first-order valence-corrected chi connectivity index (χ1v) is 8.87. The van der Waals surface area contributed by atoms with Crippen LogP contribution in [0.2, 0.25) is 0 Å². The molecule has 0 radical (unpaired) electrons. The Bertz CT molecular complexity index is 508. The topological polar surface area (TPSA) is 37.3 Å². The van der Waals surface area contributed by atoms with E-state index >= 15 is 0 Å². The first-order valence-electron chi connectivity index (χ1n) is 8.87. The van der Waals surface area contributed by atoms with E-state index in [0.717, 1.165) is 37.5 Å². The molecule has 1 N–H and O–H groups in total. The SMILES string of the molecule is CC12CCC(=O)C=C1CC[C@@H]1[C@H]2CCC2(C)[C@H](O)CC[C@H]12. The maximum absolute atomic E-state index is 11.8. The Kier molecular flexibility index (Phi) is 2.96. The fraction of sp³-hybridized carbons (Fsp3) is 0.842. The standard InChI is InChI=1S/C19H28O2/c1-18-9-7-13(20)11-12(18)3-4-14-15-5-6-17(21)19(15,2)10-8-16(14)18/h11,14-17,21H,3-10H2,1-2H3/t14-,15+,16+,17+,18?,19?/m0/s1. The van der Waals surface area contributed by atoms with Crippen molar-refractivity contribution in [3.05, 3.63) is 11.6 Å². The predicted octanol–water partition coefficient (Wildman–Crippen LogP) is 3.88. The van der Waals surface area contributed by atoms with Crippen molar-refractivity contribution in [2.45, 2.75) is 71.3 Å². The zero-order chi connectivity index (χ0) is 14.8. The van der Waals surface area contributed by atoms with Gasteiger partial charge in [-0.15, -0.1) is 0 Å². The van der Waals surface area contributed by atoms with Crippen LogP contribution in [0.1, 0.15) is 65.2 Å². The molecule has 4 rings (SSSR count). The summed E-state index contributed by atoms with van der Waals surface area (Å²) in [4.78, 5) is 11.8. The number of aliphatic hydroxyl groups is 1. The van der Waals surface area contributed by atoms with Gasteiger partial charge in [0.2, 0.25) is 0 Å². The Balaban J connectivity index is 1.69. The number of hydrogen-bond acceptors (Lipinski definition) is 2. The zero-order valence-corrected chi connectivity index (χ0v) is 13.4. The van der Waals surface area contributed by atoms with Gasteiger partial charge in [-0.1, -0.05) is 19.4 Å². The van der Waals surface area contributed by atoms with Gasteiger partial charge in [-0.05, 0) is 79.6 Å². The molecule has 0 amide bonds. The molecule has 2 unspecified atom stereocenters. The monoisotopic (exact) mass is 288 g/mol. The van der Waals surface area contributed by atoms with E-state index in [4.69, 9.17) is 0 Å². The van der Waals surface area contributed by atoms with Crippen LogP contribution in [-0.4, -0.2) is 17.0 Å². The highest BCUT2D eigenvalue weighted by Gasteiger charge is 2.58. The molecule has 6 atom stereocenters. The molecular formula is C19H28O2. The average molecular weight is 288 g/mol. The lowest BCUT2D eigenvalue weighted by Gasteiger charge is -2.57. The molecule has 116 valence electrons. The largest absolute Gasteiger partial charge is 0.393 e. The predicted molar refractivity (Wildman–Crippen MR) is 82.7 cm³/mol. The maximum Gasteiger partial charge on any atom is 0.155 e. The van der Waals surface area contributed by atoms with Crippen LogP contribution < -0.4 is 0 Å². The van der Waals surface area contributed by atoms with Gasteiger partial charge in [0.15, 0.2) is 5.78 Å². The van der Waals surface area contributed by atoms with E-state index < -0.39 is 0 Å². The quantitative estimate of drug-likeness (QED) is 0.734. The van der Waals surface area contributed by atoms with Crippen molar-refractivity contribution >= 4 is 5.78 Å². The highest BCUT2D eigenvalue weighted by atomic mass is 16.3. The zero-order valence-electron chi connectivity index (χ0n) is 13.4. The van der Waals surface area contributed by atoms with Crippen LogP contribution in [0.4, 0.5) is 0 Å². The van der Waals surface area contributed by atoms with Crippen LogP contribution in [0, 0.1) is 28.6 Å². The summed E-state index contributed by atoms with van der Waals surface area (Å²) >= 11 is 0. The summed E-state index contributed by atoms with van der Waals surface area (Å²) in [5.41, 5.74) is 1.89. The molecule has 0 aliphatic heterocycles. The van der Waals surface area contributed by atoms with Crippen LogP contribution in [0.3, 0.4) is 0 Å². The molecule has 2 nitrogen and oxygen atoms in total. The van der Waals surface area contributed by atoms with Gasteiger partial charge in [0, 0.05) is 6.42 Å². The Morgan fingerprint density at radius 2 is 1.86 bits per heavy atom. The summed E-state index contributed by atoms with van der Waals surface area (Å²) in [5.74, 6) is 2.57. The van der Waals surface area contributed by atoms with Gasteiger partial charge in [0.25, 0.3) is 0 Å². The second-order valence-corrected chi connectivity index (χ2v) is 8.61. The summed E-state index contributed by atoms with van der Waals surface area (Å²) in [6.45, 7) is 4.76. The Morgan fingerprint density at radius 1 is 1.05 bits per heavy atom. The molecule has 0 aromatic heterocycles. The lowest BCUT2D eigenvalue weighted by molar-refractivity contribution is -0.118. The fourth-order valence-electron chi connectivity index (χ4n) is 6.53. The van der Waals surface area contributed by atoms with Crippen molar-refractivity contribution in [3.63, 3.8) is 0 Å². The molecule has 0 aromatic rings. The smallest absolute Gasteiger partial charge is 0.155 e. The minimum absolute atomic E-state index is 0.0823. The van der Waals surface area contributed by atoms with Gasteiger partial charge in [-0.3, -0.25) is 4.79 Å². The van der Waals surface area contributed by atoms with Crippen molar-refractivity contribution < 1.29 is 9.90 Å². The lowest BCUT2D eigenvalue weighted by Crippen LogP contribution is -2.51. The molecule has 3 fully saturated rings. The van der Waals surface area contributed by atoms with Gasteiger partial charge < -0.3 is 5.11 Å². The van der Waals surface area contributed by atoms with Crippen LogP contribution in [0.15, 0.2) is 11.6 Å². The molecule has 21 heavy (non-hydrogen) atoms. The van der Waals surface area contributed by atoms with Gasteiger partial charge >= 0.3 is 0 Å². The molecule has 2 heteroatoms. The van der Waals surface area contributed by atoms with Crippen molar-refractivity contribution in [2.75, 3.05) is 0 Å². The van der Waals surface area contributed by atoms with E-state index in [0.29, 0.717) is 11.7 Å². The van der Waals surface area contributed by atoms with Crippen molar-refractivity contribution in [1.29, 1.82) is 0 Å². The van der Waals surface area contributed by atoms with Gasteiger partial charge in [-0.25, -0.2) is 0 Å². The third-order valence-corrected chi connectivity index (χ3v) is 7.91. The summed E-state index contributed by atoms with van der Waals surface area (Å²) < 4.78 is 0.